The van der Waals surface area contributed by atoms with Crippen LogP contribution in [0.1, 0.15) is 27.7 Å². The number of carbonyl (C=O) groups is 2. The lowest BCUT2D eigenvalue weighted by molar-refractivity contribution is -0.138. The van der Waals surface area contributed by atoms with Gasteiger partial charge in [0.1, 0.15) is 6.04 Å². The van der Waals surface area contributed by atoms with Gasteiger partial charge in [-0.1, -0.05) is 0 Å². The van der Waals surface area contributed by atoms with Crippen LogP contribution in [-0.4, -0.2) is 64.7 Å². The van der Waals surface area contributed by atoms with Gasteiger partial charge >= 0.3 is 6.09 Å². The molecule has 0 saturated carbocycles. The van der Waals surface area contributed by atoms with Crippen LogP contribution in [0.4, 0.5) is 4.79 Å². The minimum Gasteiger partial charge on any atom is -0.465 e. The number of amides is 2. The van der Waals surface area contributed by atoms with Gasteiger partial charge in [-0.25, -0.2) is 4.79 Å². The molecule has 0 radical (unpaired) electrons. The van der Waals surface area contributed by atoms with E-state index in [1.54, 1.807) is 32.6 Å². The average Bonchev–Trinajstić information content (AvgIpc) is 2.26. The van der Waals surface area contributed by atoms with Crippen LogP contribution in [0.5, 0.6) is 0 Å². The minimum atomic E-state index is -1.06. The average molecular weight is 257 g/mol. The quantitative estimate of drug-likeness (QED) is 0.759. The van der Waals surface area contributed by atoms with Crippen molar-refractivity contribution in [3.8, 4) is 0 Å². The summed E-state index contributed by atoms with van der Waals surface area (Å²) in [5.74, 6) is -0.117. The number of hydrogen-bond donors (Lipinski definition) is 2. The Hall–Kier alpha value is -1.30. The molecule has 0 aromatic rings. The topological polar surface area (TPSA) is 72.9 Å². The monoisotopic (exact) mass is 257 g/mol. The highest BCUT2D eigenvalue weighted by Gasteiger charge is 2.36. The molecule has 0 bridgehead atoms. The Labute approximate surface area is 108 Å². The summed E-state index contributed by atoms with van der Waals surface area (Å²) in [5, 5.41) is 12.4. The number of carboxylic acid groups (broad SMARTS) is 1. The fourth-order valence-electron chi connectivity index (χ4n) is 2.29. The molecule has 1 aliphatic rings. The summed E-state index contributed by atoms with van der Waals surface area (Å²) in [7, 11) is 0. The van der Waals surface area contributed by atoms with Gasteiger partial charge < -0.3 is 15.3 Å². The van der Waals surface area contributed by atoms with Crippen molar-refractivity contribution in [2.24, 2.45) is 0 Å². The Bertz CT molecular complexity index is 319. The molecule has 104 valence electrons. The van der Waals surface area contributed by atoms with Crippen LogP contribution in [0.3, 0.4) is 0 Å². The van der Waals surface area contributed by atoms with Crippen LogP contribution in [0.2, 0.25) is 0 Å². The predicted octanol–water partition coefficient (Wildman–Crippen LogP) is 0.585. The number of piperazine rings is 1. The maximum atomic E-state index is 12.3. The zero-order chi connectivity index (χ0) is 13.9. The second kappa shape index (κ2) is 5.56. The highest BCUT2D eigenvalue weighted by atomic mass is 16.4. The third-order valence-electron chi connectivity index (χ3n) is 3.10. The van der Waals surface area contributed by atoms with Gasteiger partial charge in [-0.15, -0.1) is 0 Å². The molecule has 2 amide bonds. The smallest absolute Gasteiger partial charge is 0.408 e. The summed E-state index contributed by atoms with van der Waals surface area (Å²) in [6.07, 6.45) is -1.06. The molecule has 2 N–H and O–H groups in total. The fraction of sp³-hybridized carbons (Fsp3) is 0.833. The molecule has 1 rings (SSSR count). The molecule has 6 heteroatoms. The Morgan fingerprint density at radius 3 is 2.17 bits per heavy atom. The summed E-state index contributed by atoms with van der Waals surface area (Å²) in [4.78, 5) is 26.5. The van der Waals surface area contributed by atoms with Crippen LogP contribution in [0.15, 0.2) is 0 Å². The normalized spacial score (nSPS) is 18.3. The third-order valence-corrected chi connectivity index (χ3v) is 3.10. The SMILES string of the molecule is C[C@@H](C(=O)N1CCNCC1)N(C(=O)O)C(C)(C)C. The number of carbonyl (C=O) groups excluding carboxylic acids is 1. The molecule has 18 heavy (non-hydrogen) atoms. The van der Waals surface area contributed by atoms with Gasteiger partial charge in [-0.2, -0.15) is 0 Å². The zero-order valence-electron chi connectivity index (χ0n) is 11.6. The highest BCUT2D eigenvalue weighted by molar-refractivity contribution is 5.85. The maximum absolute atomic E-state index is 12.3. The van der Waals surface area contributed by atoms with E-state index in [1.807, 2.05) is 0 Å². The van der Waals surface area contributed by atoms with Gasteiger partial charge in [-0.3, -0.25) is 9.69 Å². The third kappa shape index (κ3) is 3.35. The summed E-state index contributed by atoms with van der Waals surface area (Å²) >= 11 is 0. The van der Waals surface area contributed by atoms with Crippen molar-refractivity contribution in [2.45, 2.75) is 39.3 Å². The van der Waals surface area contributed by atoms with Crippen molar-refractivity contribution in [3.05, 3.63) is 0 Å². The van der Waals surface area contributed by atoms with Crippen molar-refractivity contribution >= 4 is 12.0 Å². The molecule has 1 saturated heterocycles. The summed E-state index contributed by atoms with van der Waals surface area (Å²) in [5.41, 5.74) is -0.588. The van der Waals surface area contributed by atoms with Gasteiger partial charge in [-0.05, 0) is 27.7 Å². The largest absolute Gasteiger partial charge is 0.465 e. The summed E-state index contributed by atoms with van der Waals surface area (Å²) in [6, 6.07) is -0.652. The number of nitrogens with one attached hydrogen (secondary N) is 1. The molecule has 1 fully saturated rings. The lowest BCUT2D eigenvalue weighted by Crippen LogP contribution is -2.58. The van der Waals surface area contributed by atoms with E-state index in [0.717, 1.165) is 13.1 Å². The number of nitrogens with zero attached hydrogens (tertiary/aromatic N) is 2. The Balaban J connectivity index is 2.79. The second-order valence-corrected chi connectivity index (χ2v) is 5.57. The summed E-state index contributed by atoms with van der Waals surface area (Å²) < 4.78 is 0. The van der Waals surface area contributed by atoms with E-state index in [9.17, 15) is 14.7 Å². The van der Waals surface area contributed by atoms with E-state index in [2.05, 4.69) is 5.32 Å². The van der Waals surface area contributed by atoms with E-state index < -0.39 is 17.7 Å². The second-order valence-electron chi connectivity index (χ2n) is 5.57. The summed E-state index contributed by atoms with van der Waals surface area (Å²) in [6.45, 7) is 9.85. The van der Waals surface area contributed by atoms with Crippen molar-refractivity contribution in [1.82, 2.24) is 15.1 Å². The van der Waals surface area contributed by atoms with Gasteiger partial charge in [0.05, 0.1) is 0 Å². The molecule has 0 spiro atoms. The molecular formula is C12H23N3O3. The first kappa shape index (κ1) is 14.8. The molecule has 1 atom stereocenters. The van der Waals surface area contributed by atoms with E-state index >= 15 is 0 Å². The van der Waals surface area contributed by atoms with Crippen LogP contribution in [0.25, 0.3) is 0 Å². The number of hydrogen-bond acceptors (Lipinski definition) is 3. The molecule has 0 aromatic carbocycles. The maximum Gasteiger partial charge on any atom is 0.408 e. The molecule has 6 nitrogen and oxygen atoms in total. The van der Waals surface area contributed by atoms with Crippen LogP contribution >= 0.6 is 0 Å². The van der Waals surface area contributed by atoms with E-state index in [4.69, 9.17) is 0 Å². The fourth-order valence-corrected chi connectivity index (χ4v) is 2.29. The zero-order valence-corrected chi connectivity index (χ0v) is 11.6. The molecular weight excluding hydrogens is 234 g/mol. The van der Waals surface area contributed by atoms with E-state index in [-0.39, 0.29) is 5.91 Å². The molecule has 1 heterocycles. The number of rotatable bonds is 2. The standard InChI is InChI=1S/C12H23N3O3/c1-9(15(11(17)18)12(2,3)4)10(16)14-7-5-13-6-8-14/h9,13H,5-8H2,1-4H3,(H,17,18)/t9-/m0/s1. The molecule has 0 aromatic heterocycles. The first-order valence-electron chi connectivity index (χ1n) is 6.27. The minimum absolute atomic E-state index is 0.117. The lowest BCUT2D eigenvalue weighted by Gasteiger charge is -2.40. The predicted molar refractivity (Wildman–Crippen MR) is 68.5 cm³/mol. The van der Waals surface area contributed by atoms with Gasteiger partial charge in [0.25, 0.3) is 0 Å². The molecule has 1 aliphatic heterocycles. The lowest BCUT2D eigenvalue weighted by atomic mass is 10.0. The van der Waals surface area contributed by atoms with Crippen molar-refractivity contribution in [1.29, 1.82) is 0 Å². The van der Waals surface area contributed by atoms with E-state index in [0.29, 0.717) is 13.1 Å². The van der Waals surface area contributed by atoms with Gasteiger partial charge in [0.2, 0.25) is 5.91 Å². The Morgan fingerprint density at radius 2 is 1.78 bits per heavy atom. The molecule has 0 unspecified atom stereocenters. The van der Waals surface area contributed by atoms with Gasteiger partial charge in [0, 0.05) is 31.7 Å². The van der Waals surface area contributed by atoms with Gasteiger partial charge in [0.15, 0.2) is 0 Å². The van der Waals surface area contributed by atoms with Crippen LogP contribution in [0, 0.1) is 0 Å². The Kier molecular flexibility index (Phi) is 4.56. The van der Waals surface area contributed by atoms with Crippen LogP contribution < -0.4 is 5.32 Å². The van der Waals surface area contributed by atoms with Crippen molar-refractivity contribution in [2.75, 3.05) is 26.2 Å². The van der Waals surface area contributed by atoms with Crippen LogP contribution in [-0.2, 0) is 4.79 Å². The first-order valence-corrected chi connectivity index (χ1v) is 6.27. The Morgan fingerprint density at radius 1 is 1.28 bits per heavy atom. The van der Waals surface area contributed by atoms with Crippen molar-refractivity contribution < 1.29 is 14.7 Å². The van der Waals surface area contributed by atoms with E-state index in [1.165, 1.54) is 4.90 Å². The first-order chi connectivity index (χ1) is 8.25. The van der Waals surface area contributed by atoms with Crippen molar-refractivity contribution in [3.63, 3.8) is 0 Å². The highest BCUT2D eigenvalue weighted by Crippen LogP contribution is 2.18. The molecule has 0 aliphatic carbocycles.